The minimum absolute atomic E-state index is 0.103. The monoisotopic (exact) mass is 319 g/mol. The largest absolute Gasteiger partial charge is 0.481 e. The standard InChI is InChI=1S/C14H17N5O4/c1-9-4-10(2)17-14(23-3)12(9)6-15-13(20)8-18-7-11(5-16-18)19(21)22/h4-5,7H,6,8H2,1-3H3,(H,15,20). The van der Waals surface area contributed by atoms with Crippen LogP contribution in [0.1, 0.15) is 16.8 Å². The topological polar surface area (TPSA) is 112 Å². The first-order valence-corrected chi connectivity index (χ1v) is 6.85. The predicted molar refractivity (Wildman–Crippen MR) is 81.0 cm³/mol. The summed E-state index contributed by atoms with van der Waals surface area (Å²) in [7, 11) is 1.52. The first-order chi connectivity index (χ1) is 10.9. The number of ether oxygens (including phenoxy) is 1. The van der Waals surface area contributed by atoms with E-state index in [1.165, 1.54) is 18.0 Å². The maximum absolute atomic E-state index is 11.9. The Morgan fingerprint density at radius 2 is 2.22 bits per heavy atom. The van der Waals surface area contributed by atoms with Crippen LogP contribution in [0.2, 0.25) is 0 Å². The molecule has 0 aliphatic heterocycles. The highest BCUT2D eigenvalue weighted by Crippen LogP contribution is 2.20. The number of rotatable bonds is 6. The quantitative estimate of drug-likeness (QED) is 0.631. The van der Waals surface area contributed by atoms with E-state index in [2.05, 4.69) is 15.4 Å². The van der Waals surface area contributed by atoms with Crippen molar-refractivity contribution >= 4 is 11.6 Å². The average molecular weight is 319 g/mol. The lowest BCUT2D eigenvalue weighted by Gasteiger charge is -2.12. The van der Waals surface area contributed by atoms with Gasteiger partial charge in [-0.05, 0) is 25.5 Å². The first kappa shape index (κ1) is 16.4. The van der Waals surface area contributed by atoms with Crippen LogP contribution in [0.4, 0.5) is 5.69 Å². The number of pyridine rings is 1. The van der Waals surface area contributed by atoms with Crippen LogP contribution in [0.5, 0.6) is 5.88 Å². The second kappa shape index (κ2) is 6.86. The molecular weight excluding hydrogens is 302 g/mol. The molecular formula is C14H17N5O4. The highest BCUT2D eigenvalue weighted by atomic mass is 16.6. The highest BCUT2D eigenvalue weighted by Gasteiger charge is 2.13. The summed E-state index contributed by atoms with van der Waals surface area (Å²) in [6.07, 6.45) is 2.31. The van der Waals surface area contributed by atoms with Crippen LogP contribution in [0.25, 0.3) is 0 Å². The van der Waals surface area contributed by atoms with E-state index < -0.39 is 4.92 Å². The molecule has 0 atom stereocenters. The number of aryl methyl sites for hydroxylation is 2. The zero-order valence-corrected chi connectivity index (χ0v) is 13.1. The number of methoxy groups -OCH3 is 1. The van der Waals surface area contributed by atoms with E-state index in [9.17, 15) is 14.9 Å². The number of hydrogen-bond acceptors (Lipinski definition) is 6. The zero-order chi connectivity index (χ0) is 17.0. The van der Waals surface area contributed by atoms with Crippen molar-refractivity contribution in [2.24, 2.45) is 0 Å². The van der Waals surface area contributed by atoms with Crippen molar-refractivity contribution in [1.29, 1.82) is 0 Å². The van der Waals surface area contributed by atoms with Gasteiger partial charge >= 0.3 is 5.69 Å². The third-order valence-corrected chi connectivity index (χ3v) is 3.23. The first-order valence-electron chi connectivity index (χ1n) is 6.85. The van der Waals surface area contributed by atoms with Crippen LogP contribution >= 0.6 is 0 Å². The molecule has 122 valence electrons. The number of carbonyl (C=O) groups is 1. The summed E-state index contributed by atoms with van der Waals surface area (Å²) in [6.45, 7) is 3.93. The molecule has 9 nitrogen and oxygen atoms in total. The average Bonchev–Trinajstić information content (AvgIpc) is 2.94. The molecule has 2 aromatic heterocycles. The number of hydrogen-bond donors (Lipinski definition) is 1. The van der Waals surface area contributed by atoms with Crippen LogP contribution in [-0.2, 0) is 17.9 Å². The summed E-state index contributed by atoms with van der Waals surface area (Å²) >= 11 is 0. The Labute approximate surface area is 132 Å². The molecule has 2 aromatic rings. The molecule has 0 unspecified atom stereocenters. The van der Waals surface area contributed by atoms with E-state index in [1.54, 1.807) is 0 Å². The number of amides is 1. The second-order valence-electron chi connectivity index (χ2n) is 5.00. The van der Waals surface area contributed by atoms with E-state index in [0.29, 0.717) is 5.88 Å². The van der Waals surface area contributed by atoms with Gasteiger partial charge in [-0.15, -0.1) is 0 Å². The number of nitro groups is 1. The molecule has 0 radical (unpaired) electrons. The van der Waals surface area contributed by atoms with Crippen molar-refractivity contribution in [2.75, 3.05) is 7.11 Å². The molecule has 2 heterocycles. The molecule has 0 fully saturated rings. The summed E-state index contributed by atoms with van der Waals surface area (Å²) in [4.78, 5) is 26.2. The molecule has 0 bridgehead atoms. The molecule has 0 saturated carbocycles. The molecule has 2 rings (SSSR count). The van der Waals surface area contributed by atoms with Crippen LogP contribution in [-0.4, -0.2) is 32.7 Å². The molecule has 0 spiro atoms. The smallest absolute Gasteiger partial charge is 0.307 e. The normalized spacial score (nSPS) is 10.4. The highest BCUT2D eigenvalue weighted by molar-refractivity contribution is 5.75. The predicted octanol–water partition coefficient (Wildman–Crippen LogP) is 1.13. The number of nitrogens with zero attached hydrogens (tertiary/aromatic N) is 4. The maximum atomic E-state index is 11.9. The van der Waals surface area contributed by atoms with Crippen molar-refractivity contribution in [1.82, 2.24) is 20.1 Å². The lowest BCUT2D eigenvalue weighted by Crippen LogP contribution is -2.28. The van der Waals surface area contributed by atoms with Gasteiger partial charge < -0.3 is 10.1 Å². The van der Waals surface area contributed by atoms with Crippen molar-refractivity contribution in [2.45, 2.75) is 26.9 Å². The van der Waals surface area contributed by atoms with Gasteiger partial charge in [0.05, 0.1) is 12.0 Å². The summed E-state index contributed by atoms with van der Waals surface area (Å²) in [5, 5.41) is 17.1. The van der Waals surface area contributed by atoms with Gasteiger partial charge in [0.15, 0.2) is 0 Å². The molecule has 1 amide bonds. The van der Waals surface area contributed by atoms with Gasteiger partial charge in [0.25, 0.3) is 0 Å². The number of carbonyl (C=O) groups excluding carboxylic acids is 1. The van der Waals surface area contributed by atoms with E-state index in [4.69, 9.17) is 4.74 Å². The van der Waals surface area contributed by atoms with Gasteiger partial charge in [0.2, 0.25) is 11.8 Å². The molecule has 1 N–H and O–H groups in total. The molecule has 0 aliphatic rings. The SMILES string of the molecule is COc1nc(C)cc(C)c1CNC(=O)Cn1cc([N+](=O)[O-])cn1. The van der Waals surface area contributed by atoms with Crippen molar-refractivity contribution < 1.29 is 14.5 Å². The van der Waals surface area contributed by atoms with E-state index >= 15 is 0 Å². The number of aromatic nitrogens is 3. The van der Waals surface area contributed by atoms with Gasteiger partial charge in [-0.3, -0.25) is 19.6 Å². The fourth-order valence-corrected chi connectivity index (χ4v) is 2.14. The molecule has 23 heavy (non-hydrogen) atoms. The Hall–Kier alpha value is -2.97. The fraction of sp³-hybridized carbons (Fsp3) is 0.357. The maximum Gasteiger partial charge on any atom is 0.307 e. The van der Waals surface area contributed by atoms with E-state index in [-0.39, 0.29) is 24.7 Å². The fourth-order valence-electron chi connectivity index (χ4n) is 2.14. The Balaban J connectivity index is 2.00. The van der Waals surface area contributed by atoms with E-state index in [1.807, 2.05) is 19.9 Å². The van der Waals surface area contributed by atoms with Crippen molar-refractivity contribution in [3.63, 3.8) is 0 Å². The van der Waals surface area contributed by atoms with E-state index in [0.717, 1.165) is 23.0 Å². The zero-order valence-electron chi connectivity index (χ0n) is 13.1. The third-order valence-electron chi connectivity index (χ3n) is 3.23. The van der Waals surface area contributed by atoms with Crippen LogP contribution in [0.3, 0.4) is 0 Å². The summed E-state index contributed by atoms with van der Waals surface area (Å²) < 4.78 is 6.45. The second-order valence-corrected chi connectivity index (χ2v) is 5.00. The molecule has 0 saturated heterocycles. The lowest BCUT2D eigenvalue weighted by atomic mass is 10.1. The minimum atomic E-state index is -0.562. The van der Waals surface area contributed by atoms with Gasteiger partial charge in [-0.25, -0.2) is 4.98 Å². The summed E-state index contributed by atoms with van der Waals surface area (Å²) in [5.74, 6) is 0.155. The van der Waals surface area contributed by atoms with Gasteiger partial charge in [-0.1, -0.05) is 0 Å². The Bertz CT molecular complexity index is 741. The Kier molecular flexibility index (Phi) is 4.89. The molecule has 0 aromatic carbocycles. The van der Waals surface area contributed by atoms with Crippen LogP contribution in [0.15, 0.2) is 18.5 Å². The van der Waals surface area contributed by atoms with Crippen molar-refractivity contribution in [3.8, 4) is 5.88 Å². The number of nitrogens with one attached hydrogen (secondary N) is 1. The summed E-state index contributed by atoms with van der Waals surface area (Å²) in [5.41, 5.74) is 2.43. The Morgan fingerprint density at radius 3 is 2.83 bits per heavy atom. The van der Waals surface area contributed by atoms with Gasteiger partial charge in [0.1, 0.15) is 18.9 Å². The lowest BCUT2D eigenvalue weighted by molar-refractivity contribution is -0.385. The van der Waals surface area contributed by atoms with Gasteiger partial charge in [-0.2, -0.15) is 5.10 Å². The summed E-state index contributed by atoms with van der Waals surface area (Å²) in [6, 6.07) is 1.90. The third kappa shape index (κ3) is 4.02. The van der Waals surface area contributed by atoms with Gasteiger partial charge in [0, 0.05) is 17.8 Å². The minimum Gasteiger partial charge on any atom is -0.481 e. The Morgan fingerprint density at radius 1 is 1.48 bits per heavy atom. The van der Waals surface area contributed by atoms with Crippen molar-refractivity contribution in [3.05, 3.63) is 45.4 Å². The molecule has 9 heteroatoms. The molecule has 0 aliphatic carbocycles. The van der Waals surface area contributed by atoms with Crippen LogP contribution < -0.4 is 10.1 Å². The van der Waals surface area contributed by atoms with Crippen LogP contribution in [0, 0.1) is 24.0 Å².